The first-order chi connectivity index (χ1) is 10.5. The second kappa shape index (κ2) is 7.17. The van der Waals surface area contributed by atoms with Crippen molar-refractivity contribution in [3.63, 3.8) is 0 Å². The minimum atomic E-state index is -0.693. The van der Waals surface area contributed by atoms with Crippen LogP contribution in [0.4, 0.5) is 10.1 Å². The smallest absolute Gasteiger partial charge is 0.339 e. The zero-order chi connectivity index (χ0) is 16.1. The summed E-state index contributed by atoms with van der Waals surface area (Å²) in [5.41, 5.74) is 0.864. The van der Waals surface area contributed by atoms with Crippen LogP contribution in [0.2, 0.25) is 0 Å². The number of esters is 1. The Morgan fingerprint density at radius 1 is 1.18 bits per heavy atom. The number of benzene rings is 2. The standard InChI is InChI=1S/C16H13BrFNO3/c1-19(12-5-3-2-4-6-12)15(20)10-22-16(21)13-8-7-11(18)9-14(13)17/h2-9H,10H2,1H3. The van der Waals surface area contributed by atoms with E-state index in [0.717, 1.165) is 12.1 Å². The highest BCUT2D eigenvalue weighted by Crippen LogP contribution is 2.19. The van der Waals surface area contributed by atoms with Crippen LogP contribution >= 0.6 is 15.9 Å². The van der Waals surface area contributed by atoms with Gasteiger partial charge < -0.3 is 9.64 Å². The molecule has 0 unspecified atom stereocenters. The number of rotatable bonds is 4. The number of hydrogen-bond donors (Lipinski definition) is 0. The number of para-hydroxylation sites is 1. The molecule has 0 aromatic heterocycles. The van der Waals surface area contributed by atoms with E-state index in [0.29, 0.717) is 5.69 Å². The van der Waals surface area contributed by atoms with Crippen LogP contribution in [0.5, 0.6) is 0 Å². The summed E-state index contributed by atoms with van der Waals surface area (Å²) in [6.07, 6.45) is 0. The maximum Gasteiger partial charge on any atom is 0.339 e. The average Bonchev–Trinajstić information content (AvgIpc) is 2.52. The molecule has 6 heteroatoms. The van der Waals surface area contributed by atoms with Gasteiger partial charge in [-0.05, 0) is 46.3 Å². The van der Waals surface area contributed by atoms with E-state index in [1.165, 1.54) is 11.0 Å². The Bertz CT molecular complexity index is 691. The van der Waals surface area contributed by atoms with Crippen molar-refractivity contribution in [1.29, 1.82) is 0 Å². The second-order valence-electron chi connectivity index (χ2n) is 4.49. The summed E-state index contributed by atoms with van der Waals surface area (Å²) in [4.78, 5) is 25.3. The first-order valence-electron chi connectivity index (χ1n) is 6.43. The van der Waals surface area contributed by atoms with Gasteiger partial charge in [0.05, 0.1) is 5.56 Å². The van der Waals surface area contributed by atoms with Gasteiger partial charge in [0.15, 0.2) is 6.61 Å². The summed E-state index contributed by atoms with van der Waals surface area (Å²) in [6.45, 7) is -0.395. The number of halogens is 2. The van der Waals surface area contributed by atoms with Crippen molar-refractivity contribution >= 4 is 33.5 Å². The van der Waals surface area contributed by atoms with E-state index in [4.69, 9.17) is 4.74 Å². The number of carbonyl (C=O) groups excluding carboxylic acids is 2. The van der Waals surface area contributed by atoms with Gasteiger partial charge in [-0.25, -0.2) is 9.18 Å². The summed E-state index contributed by atoms with van der Waals surface area (Å²) < 4.78 is 18.2. The minimum Gasteiger partial charge on any atom is -0.452 e. The van der Waals surface area contributed by atoms with Gasteiger partial charge in [0, 0.05) is 17.2 Å². The van der Waals surface area contributed by atoms with E-state index in [1.54, 1.807) is 31.3 Å². The third kappa shape index (κ3) is 3.92. The van der Waals surface area contributed by atoms with Gasteiger partial charge in [0.25, 0.3) is 5.91 Å². The number of likely N-dealkylation sites (N-methyl/N-ethyl adjacent to an activating group) is 1. The number of hydrogen-bond acceptors (Lipinski definition) is 3. The molecule has 2 aromatic carbocycles. The molecule has 0 atom stereocenters. The molecule has 0 saturated carbocycles. The maximum atomic E-state index is 13.0. The first-order valence-corrected chi connectivity index (χ1v) is 7.22. The van der Waals surface area contributed by atoms with Crippen LogP contribution in [0.1, 0.15) is 10.4 Å². The fourth-order valence-electron chi connectivity index (χ4n) is 1.75. The van der Waals surface area contributed by atoms with Crippen LogP contribution in [0, 0.1) is 5.82 Å². The summed E-state index contributed by atoms with van der Waals surface area (Å²) in [5.74, 6) is -1.53. The number of anilines is 1. The van der Waals surface area contributed by atoms with Crippen molar-refractivity contribution in [2.75, 3.05) is 18.6 Å². The highest BCUT2D eigenvalue weighted by atomic mass is 79.9. The highest BCUT2D eigenvalue weighted by Gasteiger charge is 2.16. The molecule has 0 heterocycles. The molecule has 0 radical (unpaired) electrons. The van der Waals surface area contributed by atoms with Gasteiger partial charge >= 0.3 is 5.97 Å². The lowest BCUT2D eigenvalue weighted by Gasteiger charge is -2.17. The summed E-state index contributed by atoms with van der Waals surface area (Å²) in [7, 11) is 1.60. The fraction of sp³-hybridized carbons (Fsp3) is 0.125. The van der Waals surface area contributed by atoms with E-state index < -0.39 is 18.4 Å². The molecule has 2 rings (SSSR count). The predicted octanol–water partition coefficient (Wildman–Crippen LogP) is 3.41. The minimum absolute atomic E-state index is 0.163. The van der Waals surface area contributed by atoms with Gasteiger partial charge in [-0.2, -0.15) is 0 Å². The Balaban J connectivity index is 1.97. The lowest BCUT2D eigenvalue weighted by atomic mass is 10.2. The van der Waals surface area contributed by atoms with E-state index in [1.807, 2.05) is 6.07 Å². The summed E-state index contributed by atoms with van der Waals surface area (Å²) in [5, 5.41) is 0. The summed E-state index contributed by atoms with van der Waals surface area (Å²) in [6, 6.07) is 12.6. The Kier molecular flexibility index (Phi) is 5.27. The monoisotopic (exact) mass is 365 g/mol. The normalized spacial score (nSPS) is 10.1. The lowest BCUT2D eigenvalue weighted by Crippen LogP contribution is -2.31. The highest BCUT2D eigenvalue weighted by molar-refractivity contribution is 9.10. The number of ether oxygens (including phenoxy) is 1. The van der Waals surface area contributed by atoms with Crippen LogP contribution < -0.4 is 4.90 Å². The zero-order valence-corrected chi connectivity index (χ0v) is 13.3. The van der Waals surface area contributed by atoms with Gasteiger partial charge in [-0.1, -0.05) is 18.2 Å². The molecule has 0 bridgehead atoms. The molecule has 0 aliphatic heterocycles. The molecular weight excluding hydrogens is 353 g/mol. The number of carbonyl (C=O) groups is 2. The second-order valence-corrected chi connectivity index (χ2v) is 5.34. The van der Waals surface area contributed by atoms with Crippen LogP contribution in [0.25, 0.3) is 0 Å². The Morgan fingerprint density at radius 3 is 2.50 bits per heavy atom. The molecule has 0 spiro atoms. The number of nitrogens with zero attached hydrogens (tertiary/aromatic N) is 1. The van der Waals surface area contributed by atoms with Crippen LogP contribution in [0.3, 0.4) is 0 Å². The Morgan fingerprint density at radius 2 is 1.86 bits per heavy atom. The van der Waals surface area contributed by atoms with Gasteiger partial charge in [-0.15, -0.1) is 0 Å². The third-order valence-electron chi connectivity index (χ3n) is 3.00. The average molecular weight is 366 g/mol. The molecule has 2 aromatic rings. The van der Waals surface area contributed by atoms with E-state index in [-0.39, 0.29) is 15.9 Å². The molecule has 114 valence electrons. The van der Waals surface area contributed by atoms with Crippen LogP contribution in [-0.2, 0) is 9.53 Å². The predicted molar refractivity (Wildman–Crippen MR) is 84.2 cm³/mol. The zero-order valence-electron chi connectivity index (χ0n) is 11.8. The molecule has 4 nitrogen and oxygen atoms in total. The van der Waals surface area contributed by atoms with Crippen molar-refractivity contribution in [3.8, 4) is 0 Å². The molecule has 22 heavy (non-hydrogen) atoms. The Hall–Kier alpha value is -2.21. The van der Waals surface area contributed by atoms with Gasteiger partial charge in [0.2, 0.25) is 0 Å². The summed E-state index contributed by atoms with van der Waals surface area (Å²) >= 11 is 3.08. The SMILES string of the molecule is CN(C(=O)COC(=O)c1ccc(F)cc1Br)c1ccccc1. The third-order valence-corrected chi connectivity index (χ3v) is 3.65. The molecule has 0 N–H and O–H groups in total. The fourth-order valence-corrected chi connectivity index (χ4v) is 2.27. The van der Waals surface area contributed by atoms with Crippen LogP contribution in [0.15, 0.2) is 53.0 Å². The van der Waals surface area contributed by atoms with Crippen molar-refractivity contribution in [2.45, 2.75) is 0 Å². The quantitative estimate of drug-likeness (QED) is 0.780. The van der Waals surface area contributed by atoms with Crippen molar-refractivity contribution < 1.29 is 18.7 Å². The Labute approximate surface area is 135 Å². The lowest BCUT2D eigenvalue weighted by molar-refractivity contribution is -0.121. The van der Waals surface area contributed by atoms with Crippen molar-refractivity contribution in [2.24, 2.45) is 0 Å². The molecular formula is C16H13BrFNO3. The van der Waals surface area contributed by atoms with Crippen molar-refractivity contribution in [3.05, 3.63) is 64.4 Å². The number of amides is 1. The molecule has 0 aliphatic rings. The maximum absolute atomic E-state index is 13.0. The molecule has 0 saturated heterocycles. The molecule has 0 aliphatic carbocycles. The first kappa shape index (κ1) is 16.2. The molecule has 1 amide bonds. The molecule has 0 fully saturated rings. The van der Waals surface area contributed by atoms with Gasteiger partial charge in [-0.3, -0.25) is 4.79 Å². The van der Waals surface area contributed by atoms with E-state index in [9.17, 15) is 14.0 Å². The van der Waals surface area contributed by atoms with Crippen molar-refractivity contribution in [1.82, 2.24) is 0 Å². The van der Waals surface area contributed by atoms with E-state index in [2.05, 4.69) is 15.9 Å². The topological polar surface area (TPSA) is 46.6 Å². The largest absolute Gasteiger partial charge is 0.452 e. The van der Waals surface area contributed by atoms with Gasteiger partial charge in [0.1, 0.15) is 5.82 Å². The van der Waals surface area contributed by atoms with E-state index >= 15 is 0 Å². The van der Waals surface area contributed by atoms with Crippen LogP contribution in [-0.4, -0.2) is 25.5 Å².